The number of hydrogen-bond acceptors (Lipinski definition) is 5. The van der Waals surface area contributed by atoms with Gasteiger partial charge in [0.2, 0.25) is 11.8 Å². The number of carbonyl (C=O) groups is 2. The number of aryl methyl sites for hydroxylation is 1. The number of halogens is 2. The molecule has 3 rings (SSSR count). The molecule has 1 aromatic rings. The molecule has 25 heavy (non-hydrogen) atoms. The van der Waals surface area contributed by atoms with Gasteiger partial charge in [-0.2, -0.15) is 0 Å². The summed E-state index contributed by atoms with van der Waals surface area (Å²) in [5.41, 5.74) is 0.872. The third-order valence-corrected chi connectivity index (χ3v) is 5.59. The number of piperazine rings is 1. The molecule has 0 saturated carbocycles. The molecule has 1 atom stereocenters. The van der Waals surface area contributed by atoms with Crippen LogP contribution in [-0.4, -0.2) is 65.4 Å². The second kappa shape index (κ2) is 10.3. The maximum absolute atomic E-state index is 12.5. The van der Waals surface area contributed by atoms with Crippen LogP contribution in [-0.2, 0) is 22.4 Å². The Morgan fingerprint density at radius 2 is 2.20 bits per heavy atom. The van der Waals surface area contributed by atoms with Crippen molar-refractivity contribution >= 4 is 48.0 Å². The SMILES string of the molecule is CCc1nc(CC(=O)N2CCCC(N3CCNCC3=O)C2)cs1.Cl.Cl. The summed E-state index contributed by atoms with van der Waals surface area (Å²) in [5, 5.41) is 6.16. The highest BCUT2D eigenvalue weighted by Gasteiger charge is 2.31. The lowest BCUT2D eigenvalue weighted by Gasteiger charge is -2.41. The van der Waals surface area contributed by atoms with Gasteiger partial charge in [0.15, 0.2) is 0 Å². The van der Waals surface area contributed by atoms with Crippen molar-refractivity contribution < 1.29 is 9.59 Å². The Kier molecular flexibility index (Phi) is 9.13. The number of carbonyl (C=O) groups excluding carboxylic acids is 2. The molecule has 1 aromatic heterocycles. The van der Waals surface area contributed by atoms with Crippen LogP contribution >= 0.6 is 36.2 Å². The minimum atomic E-state index is 0. The first-order valence-electron chi connectivity index (χ1n) is 8.38. The lowest BCUT2D eigenvalue weighted by molar-refractivity contribution is -0.140. The molecule has 1 N–H and O–H groups in total. The van der Waals surface area contributed by atoms with Crippen LogP contribution in [0, 0.1) is 0 Å². The zero-order valence-electron chi connectivity index (χ0n) is 14.4. The van der Waals surface area contributed by atoms with Gasteiger partial charge in [0, 0.05) is 37.6 Å². The Morgan fingerprint density at radius 1 is 1.40 bits per heavy atom. The number of likely N-dealkylation sites (tertiary alicyclic amines) is 1. The number of amides is 2. The van der Waals surface area contributed by atoms with E-state index in [9.17, 15) is 9.59 Å². The molecule has 0 aliphatic carbocycles. The molecule has 9 heteroatoms. The summed E-state index contributed by atoms with van der Waals surface area (Å²) in [4.78, 5) is 32.9. The van der Waals surface area contributed by atoms with Crippen LogP contribution in [0.3, 0.4) is 0 Å². The fourth-order valence-corrected chi connectivity index (χ4v) is 4.05. The molecular formula is C16H26Cl2N4O2S. The zero-order valence-corrected chi connectivity index (χ0v) is 16.9. The van der Waals surface area contributed by atoms with Crippen LogP contribution in [0.1, 0.15) is 30.5 Å². The van der Waals surface area contributed by atoms with Crippen molar-refractivity contribution in [2.24, 2.45) is 0 Å². The average Bonchev–Trinajstić information content (AvgIpc) is 3.03. The van der Waals surface area contributed by atoms with E-state index in [0.717, 1.165) is 49.6 Å². The molecule has 2 aliphatic heterocycles. The summed E-state index contributed by atoms with van der Waals surface area (Å²) < 4.78 is 0. The molecule has 3 heterocycles. The van der Waals surface area contributed by atoms with Gasteiger partial charge in [-0.1, -0.05) is 6.92 Å². The molecule has 0 spiro atoms. The first kappa shape index (κ1) is 22.2. The molecule has 2 saturated heterocycles. The Morgan fingerprint density at radius 3 is 2.88 bits per heavy atom. The predicted molar refractivity (Wildman–Crippen MR) is 104 cm³/mol. The third-order valence-electron chi connectivity index (χ3n) is 4.55. The number of nitrogens with one attached hydrogen (secondary N) is 1. The van der Waals surface area contributed by atoms with Crippen molar-refractivity contribution in [1.29, 1.82) is 0 Å². The summed E-state index contributed by atoms with van der Waals surface area (Å²) in [7, 11) is 0. The third kappa shape index (κ3) is 5.54. The van der Waals surface area contributed by atoms with Gasteiger partial charge in [-0.15, -0.1) is 36.2 Å². The number of aromatic nitrogens is 1. The van der Waals surface area contributed by atoms with Gasteiger partial charge in [-0.25, -0.2) is 4.98 Å². The maximum atomic E-state index is 12.5. The maximum Gasteiger partial charge on any atom is 0.236 e. The quantitative estimate of drug-likeness (QED) is 0.819. The highest BCUT2D eigenvalue weighted by molar-refractivity contribution is 7.09. The van der Waals surface area contributed by atoms with Crippen molar-refractivity contribution in [3.63, 3.8) is 0 Å². The molecule has 0 aromatic carbocycles. The highest BCUT2D eigenvalue weighted by atomic mass is 35.5. The standard InChI is InChI=1S/C16H24N4O2S.2ClH/c1-2-14-18-12(11-23-14)8-15(21)19-6-3-4-13(10-19)20-7-5-17-9-16(20)22;;/h11,13,17H,2-10H2,1H3;2*1H. The van der Waals surface area contributed by atoms with Crippen molar-refractivity contribution in [1.82, 2.24) is 20.1 Å². The Balaban J connectivity index is 0.00000156. The van der Waals surface area contributed by atoms with Gasteiger partial charge in [0.05, 0.1) is 23.7 Å². The number of thiazole rings is 1. The highest BCUT2D eigenvalue weighted by Crippen LogP contribution is 2.19. The first-order valence-corrected chi connectivity index (χ1v) is 9.26. The molecule has 0 radical (unpaired) electrons. The van der Waals surface area contributed by atoms with Gasteiger partial charge in [-0.05, 0) is 19.3 Å². The van der Waals surface area contributed by atoms with Crippen molar-refractivity contribution in [2.45, 2.75) is 38.6 Å². The van der Waals surface area contributed by atoms with E-state index in [2.05, 4.69) is 17.2 Å². The van der Waals surface area contributed by atoms with Crippen molar-refractivity contribution in [3.05, 3.63) is 16.1 Å². The Labute approximate surface area is 165 Å². The second-order valence-corrected chi connectivity index (χ2v) is 7.11. The van der Waals surface area contributed by atoms with Gasteiger partial charge in [0.25, 0.3) is 0 Å². The van der Waals surface area contributed by atoms with E-state index in [1.54, 1.807) is 11.3 Å². The summed E-state index contributed by atoms with van der Waals surface area (Å²) in [6.07, 6.45) is 3.24. The van der Waals surface area contributed by atoms with E-state index < -0.39 is 0 Å². The zero-order chi connectivity index (χ0) is 16.2. The summed E-state index contributed by atoms with van der Waals surface area (Å²) in [6, 6.07) is 0.170. The summed E-state index contributed by atoms with van der Waals surface area (Å²) in [5.74, 6) is 0.285. The number of piperidine rings is 1. The van der Waals surface area contributed by atoms with E-state index in [1.807, 2.05) is 15.2 Å². The largest absolute Gasteiger partial charge is 0.340 e. The lowest BCUT2D eigenvalue weighted by Crippen LogP contribution is -2.57. The molecule has 2 fully saturated rings. The van der Waals surface area contributed by atoms with Gasteiger partial charge in [-0.3, -0.25) is 9.59 Å². The van der Waals surface area contributed by atoms with E-state index in [0.29, 0.717) is 19.5 Å². The normalized spacial score (nSPS) is 20.7. The van der Waals surface area contributed by atoms with Gasteiger partial charge >= 0.3 is 0 Å². The van der Waals surface area contributed by atoms with E-state index >= 15 is 0 Å². The Bertz CT molecular complexity index is 584. The minimum Gasteiger partial charge on any atom is -0.340 e. The fourth-order valence-electron chi connectivity index (χ4n) is 3.30. The van der Waals surface area contributed by atoms with Crippen LogP contribution in [0.15, 0.2) is 5.38 Å². The van der Waals surface area contributed by atoms with Crippen LogP contribution in [0.5, 0.6) is 0 Å². The molecule has 142 valence electrons. The fraction of sp³-hybridized carbons (Fsp3) is 0.688. The van der Waals surface area contributed by atoms with Crippen molar-refractivity contribution in [2.75, 3.05) is 32.7 Å². The molecule has 2 amide bonds. The van der Waals surface area contributed by atoms with Crippen LogP contribution in [0.25, 0.3) is 0 Å². The van der Waals surface area contributed by atoms with E-state index in [-0.39, 0.29) is 42.7 Å². The minimum absolute atomic E-state index is 0. The molecule has 6 nitrogen and oxygen atoms in total. The van der Waals surface area contributed by atoms with E-state index in [1.165, 1.54) is 0 Å². The smallest absolute Gasteiger partial charge is 0.236 e. The van der Waals surface area contributed by atoms with Crippen LogP contribution in [0.4, 0.5) is 0 Å². The van der Waals surface area contributed by atoms with E-state index in [4.69, 9.17) is 0 Å². The molecule has 0 bridgehead atoms. The van der Waals surface area contributed by atoms with Gasteiger partial charge in [0.1, 0.15) is 0 Å². The number of hydrogen-bond donors (Lipinski definition) is 1. The molecule has 1 unspecified atom stereocenters. The van der Waals surface area contributed by atoms with Crippen LogP contribution in [0.2, 0.25) is 0 Å². The average molecular weight is 409 g/mol. The van der Waals surface area contributed by atoms with Crippen LogP contribution < -0.4 is 5.32 Å². The number of rotatable bonds is 4. The number of nitrogens with zero attached hydrogens (tertiary/aromatic N) is 3. The van der Waals surface area contributed by atoms with Gasteiger partial charge < -0.3 is 15.1 Å². The predicted octanol–water partition coefficient (Wildman–Crippen LogP) is 1.51. The second-order valence-electron chi connectivity index (χ2n) is 6.16. The Hall–Kier alpha value is -0.890. The first-order chi connectivity index (χ1) is 11.2. The molecule has 2 aliphatic rings. The molecular weight excluding hydrogens is 383 g/mol. The van der Waals surface area contributed by atoms with Crippen molar-refractivity contribution in [3.8, 4) is 0 Å². The lowest BCUT2D eigenvalue weighted by atomic mass is 10.0. The monoisotopic (exact) mass is 408 g/mol. The summed E-state index contributed by atoms with van der Waals surface area (Å²) in [6.45, 7) is 5.54. The topological polar surface area (TPSA) is 65.5 Å². The summed E-state index contributed by atoms with van der Waals surface area (Å²) >= 11 is 1.62.